The normalized spacial score (nSPS) is 27.4. The minimum Gasteiger partial charge on any atom is -0.478 e. The van der Waals surface area contributed by atoms with Crippen molar-refractivity contribution in [3.05, 3.63) is 35.4 Å². The van der Waals surface area contributed by atoms with Gasteiger partial charge < -0.3 is 14.9 Å². The van der Waals surface area contributed by atoms with Gasteiger partial charge in [-0.1, -0.05) is 19.1 Å². The SMILES string of the molecule is C[C@@H](CN1C[C@@H]2C[C@H]1C(=O)N2[C@@H](C)c1cccc(C(=O)O)c1)C(=O)N1CCC[C@H]1C#N. The van der Waals surface area contributed by atoms with Crippen LogP contribution in [0.2, 0.25) is 0 Å². The van der Waals surface area contributed by atoms with Gasteiger partial charge in [0.2, 0.25) is 11.8 Å². The number of benzene rings is 1. The summed E-state index contributed by atoms with van der Waals surface area (Å²) in [5, 5.41) is 18.5. The lowest BCUT2D eigenvalue weighted by Crippen LogP contribution is -2.53. The third-order valence-electron chi connectivity index (χ3n) is 6.96. The van der Waals surface area contributed by atoms with Gasteiger partial charge in [0.25, 0.3) is 0 Å². The van der Waals surface area contributed by atoms with E-state index in [1.165, 1.54) is 0 Å². The number of nitrogens with zero attached hydrogens (tertiary/aromatic N) is 4. The van der Waals surface area contributed by atoms with Crippen molar-refractivity contribution in [1.82, 2.24) is 14.7 Å². The quantitative estimate of drug-likeness (QED) is 0.748. The number of carbonyl (C=O) groups is 3. The first-order chi connectivity index (χ1) is 14.8. The predicted molar refractivity (Wildman–Crippen MR) is 112 cm³/mol. The predicted octanol–water partition coefficient (Wildman–Crippen LogP) is 1.88. The highest BCUT2D eigenvalue weighted by atomic mass is 16.4. The molecule has 2 amide bonds. The number of amides is 2. The Hall–Kier alpha value is -2.92. The zero-order valence-electron chi connectivity index (χ0n) is 17.9. The van der Waals surface area contributed by atoms with Gasteiger partial charge in [-0.05, 0) is 43.9 Å². The molecule has 0 aromatic heterocycles. The molecular formula is C23H28N4O4. The molecule has 0 saturated carbocycles. The Balaban J connectivity index is 1.41. The highest BCUT2D eigenvalue weighted by molar-refractivity contribution is 5.88. The molecule has 164 valence electrons. The Morgan fingerprint density at radius 2 is 2.10 bits per heavy atom. The Morgan fingerprint density at radius 1 is 1.32 bits per heavy atom. The van der Waals surface area contributed by atoms with Crippen molar-refractivity contribution in [2.75, 3.05) is 19.6 Å². The van der Waals surface area contributed by atoms with Crippen molar-refractivity contribution < 1.29 is 19.5 Å². The number of carboxylic acids is 1. The van der Waals surface area contributed by atoms with Gasteiger partial charge in [0.1, 0.15) is 6.04 Å². The number of nitriles is 1. The second-order valence-corrected chi connectivity index (χ2v) is 8.93. The van der Waals surface area contributed by atoms with Crippen LogP contribution in [0, 0.1) is 17.2 Å². The third kappa shape index (κ3) is 3.79. The number of rotatable bonds is 6. The third-order valence-corrected chi connectivity index (χ3v) is 6.96. The molecule has 8 heteroatoms. The molecule has 3 heterocycles. The molecule has 1 N–H and O–H groups in total. The monoisotopic (exact) mass is 424 g/mol. The standard InChI is InChI=1S/C23H28N4O4/c1-14(21(28)26-8-4-7-18(26)11-24)12-25-13-19-10-20(25)22(29)27(19)15(2)16-5-3-6-17(9-16)23(30)31/h3,5-6,9,14-15,18-20H,4,7-8,10,12-13H2,1-2H3,(H,30,31)/t14-,15-,18-,19-,20-/m0/s1. The van der Waals surface area contributed by atoms with Crippen LogP contribution in [-0.4, -0.2) is 75.3 Å². The lowest BCUT2D eigenvalue weighted by Gasteiger charge is -2.38. The highest BCUT2D eigenvalue weighted by Crippen LogP contribution is 2.38. The van der Waals surface area contributed by atoms with E-state index in [4.69, 9.17) is 0 Å². The van der Waals surface area contributed by atoms with Crippen LogP contribution < -0.4 is 0 Å². The zero-order valence-corrected chi connectivity index (χ0v) is 17.9. The molecule has 2 bridgehead atoms. The van der Waals surface area contributed by atoms with Gasteiger partial charge in [-0.2, -0.15) is 5.26 Å². The van der Waals surface area contributed by atoms with Crippen LogP contribution in [0.15, 0.2) is 24.3 Å². The van der Waals surface area contributed by atoms with Gasteiger partial charge in [-0.3, -0.25) is 14.5 Å². The maximum absolute atomic E-state index is 13.1. The Morgan fingerprint density at radius 3 is 2.77 bits per heavy atom. The fourth-order valence-electron chi connectivity index (χ4n) is 5.37. The molecule has 0 radical (unpaired) electrons. The minimum atomic E-state index is -0.982. The van der Waals surface area contributed by atoms with Gasteiger partial charge in [-0.15, -0.1) is 0 Å². The van der Waals surface area contributed by atoms with E-state index in [1.54, 1.807) is 23.1 Å². The van der Waals surface area contributed by atoms with Crippen molar-refractivity contribution in [1.29, 1.82) is 5.26 Å². The first-order valence-corrected chi connectivity index (χ1v) is 10.9. The summed E-state index contributed by atoms with van der Waals surface area (Å²) in [5.74, 6) is -1.21. The fourth-order valence-corrected chi connectivity index (χ4v) is 5.37. The van der Waals surface area contributed by atoms with E-state index < -0.39 is 5.97 Å². The average molecular weight is 425 g/mol. The summed E-state index contributed by atoms with van der Waals surface area (Å²) in [5.41, 5.74) is 1.03. The van der Waals surface area contributed by atoms with E-state index in [1.807, 2.05) is 24.8 Å². The first kappa shape index (κ1) is 21.3. The number of carboxylic acid groups (broad SMARTS) is 1. The molecule has 31 heavy (non-hydrogen) atoms. The minimum absolute atomic E-state index is 0.00465. The summed E-state index contributed by atoms with van der Waals surface area (Å²) in [6.45, 7) is 5.66. The van der Waals surface area contributed by atoms with E-state index >= 15 is 0 Å². The number of fused-ring (bicyclic) bond motifs is 2. The van der Waals surface area contributed by atoms with Gasteiger partial charge >= 0.3 is 5.97 Å². The molecular weight excluding hydrogens is 396 g/mol. The molecule has 0 unspecified atom stereocenters. The Bertz CT molecular complexity index is 942. The molecule has 4 rings (SSSR count). The molecule has 8 nitrogen and oxygen atoms in total. The summed E-state index contributed by atoms with van der Waals surface area (Å²) < 4.78 is 0. The number of hydrogen-bond acceptors (Lipinski definition) is 5. The van der Waals surface area contributed by atoms with Gasteiger partial charge in [0.05, 0.1) is 23.7 Å². The van der Waals surface area contributed by atoms with Crippen LogP contribution in [-0.2, 0) is 9.59 Å². The highest BCUT2D eigenvalue weighted by Gasteiger charge is 2.51. The fraction of sp³-hybridized carbons (Fsp3) is 0.565. The summed E-state index contributed by atoms with van der Waals surface area (Å²) in [4.78, 5) is 42.9. The van der Waals surface area contributed by atoms with Crippen LogP contribution in [0.1, 0.15) is 55.1 Å². The van der Waals surface area contributed by atoms with Crippen LogP contribution in [0.5, 0.6) is 0 Å². The molecule has 1 aromatic rings. The Labute approximate surface area is 182 Å². The van der Waals surface area contributed by atoms with Crippen LogP contribution in [0.3, 0.4) is 0 Å². The van der Waals surface area contributed by atoms with Crippen LogP contribution >= 0.6 is 0 Å². The van der Waals surface area contributed by atoms with E-state index in [0.717, 1.165) is 24.8 Å². The van der Waals surface area contributed by atoms with Crippen LogP contribution in [0.4, 0.5) is 0 Å². The molecule has 1 aromatic carbocycles. The number of carbonyl (C=O) groups excluding carboxylic acids is 2. The molecule has 0 spiro atoms. The maximum Gasteiger partial charge on any atom is 0.335 e. The van der Waals surface area contributed by atoms with Crippen molar-refractivity contribution >= 4 is 17.8 Å². The molecule has 3 saturated heterocycles. The second-order valence-electron chi connectivity index (χ2n) is 8.93. The largest absolute Gasteiger partial charge is 0.478 e. The molecule has 3 aliphatic rings. The summed E-state index contributed by atoms with van der Waals surface area (Å²) in [6, 6.07) is 8.25. The smallest absolute Gasteiger partial charge is 0.335 e. The van der Waals surface area contributed by atoms with E-state index in [9.17, 15) is 24.8 Å². The molecule has 3 fully saturated rings. The summed E-state index contributed by atoms with van der Waals surface area (Å²) in [7, 11) is 0. The maximum atomic E-state index is 13.1. The van der Waals surface area contributed by atoms with Gasteiger partial charge in [0, 0.05) is 31.6 Å². The molecule has 5 atom stereocenters. The molecule has 0 aliphatic carbocycles. The van der Waals surface area contributed by atoms with Gasteiger partial charge in [-0.25, -0.2) is 4.79 Å². The summed E-state index contributed by atoms with van der Waals surface area (Å²) in [6.07, 6.45) is 2.32. The second kappa shape index (κ2) is 8.31. The zero-order chi connectivity index (χ0) is 22.3. The van der Waals surface area contributed by atoms with Gasteiger partial charge in [0.15, 0.2) is 0 Å². The average Bonchev–Trinajstić information content (AvgIpc) is 3.47. The first-order valence-electron chi connectivity index (χ1n) is 10.9. The summed E-state index contributed by atoms with van der Waals surface area (Å²) >= 11 is 0. The number of likely N-dealkylation sites (tertiary alicyclic amines) is 3. The topological polar surface area (TPSA) is 105 Å². The van der Waals surface area contributed by atoms with Crippen LogP contribution in [0.25, 0.3) is 0 Å². The van der Waals surface area contributed by atoms with E-state index in [-0.39, 0.29) is 47.5 Å². The van der Waals surface area contributed by atoms with E-state index in [0.29, 0.717) is 19.6 Å². The van der Waals surface area contributed by atoms with Crippen molar-refractivity contribution in [2.45, 2.75) is 57.3 Å². The number of piperazine rings is 1. The van der Waals surface area contributed by atoms with Crippen molar-refractivity contribution in [3.8, 4) is 6.07 Å². The number of aromatic carboxylic acids is 1. The lowest BCUT2D eigenvalue weighted by molar-refractivity contribution is -0.142. The van der Waals surface area contributed by atoms with Crippen molar-refractivity contribution in [3.63, 3.8) is 0 Å². The van der Waals surface area contributed by atoms with E-state index in [2.05, 4.69) is 11.0 Å². The Kier molecular flexibility index (Phi) is 5.71. The van der Waals surface area contributed by atoms with Crippen molar-refractivity contribution in [2.24, 2.45) is 5.92 Å². The lowest BCUT2D eigenvalue weighted by atomic mass is 10.0. The molecule has 3 aliphatic heterocycles. The number of hydrogen-bond donors (Lipinski definition) is 1.